The molecular weight excluding hydrogens is 362 g/mol. The van der Waals surface area contributed by atoms with Crippen molar-refractivity contribution in [1.29, 1.82) is 0 Å². The van der Waals surface area contributed by atoms with Gasteiger partial charge in [0, 0.05) is 11.1 Å². The maximum atomic E-state index is 13.0. The molecule has 1 aliphatic heterocycles. The van der Waals surface area contributed by atoms with E-state index in [-0.39, 0.29) is 18.3 Å². The van der Waals surface area contributed by atoms with E-state index in [0.29, 0.717) is 11.4 Å². The quantitative estimate of drug-likeness (QED) is 0.792. The molecule has 1 aliphatic rings. The Morgan fingerprint density at radius 1 is 1.07 bits per heavy atom. The summed E-state index contributed by atoms with van der Waals surface area (Å²) in [5, 5.41) is 1.18. The summed E-state index contributed by atoms with van der Waals surface area (Å²) in [7, 11) is -3.28. The molecule has 3 rings (SSSR count). The number of nitrogens with zero attached hydrogens (tertiary/aromatic N) is 1. The number of anilines is 1. The number of aryl methyl sites for hydroxylation is 3. The number of hydrogen-bond donors (Lipinski definition) is 0. The second-order valence-corrected chi connectivity index (χ2v) is 8.81. The van der Waals surface area contributed by atoms with E-state index in [1.54, 1.807) is 6.08 Å². The molecule has 0 N–H and O–H groups in total. The molecule has 0 aromatic heterocycles. The van der Waals surface area contributed by atoms with Gasteiger partial charge in [-0.3, -0.25) is 4.79 Å². The third-order valence-electron chi connectivity index (χ3n) is 4.51. The van der Waals surface area contributed by atoms with E-state index < -0.39 is 15.9 Å². The summed E-state index contributed by atoms with van der Waals surface area (Å²) in [6.07, 6.45) is 1.56. The van der Waals surface area contributed by atoms with E-state index in [1.807, 2.05) is 63.2 Å². The zero-order valence-electron chi connectivity index (χ0n) is 15.7. The Labute approximate surface area is 160 Å². The van der Waals surface area contributed by atoms with Crippen LogP contribution in [-0.4, -0.2) is 32.7 Å². The van der Waals surface area contributed by atoms with Gasteiger partial charge in [0.05, 0.1) is 11.8 Å². The lowest BCUT2D eigenvalue weighted by molar-refractivity contribution is -0.120. The summed E-state index contributed by atoms with van der Waals surface area (Å²) >= 11 is 0. The predicted molar refractivity (Wildman–Crippen MR) is 107 cm³/mol. The Hall–Kier alpha value is -2.60. The van der Waals surface area contributed by atoms with Crippen molar-refractivity contribution in [2.24, 2.45) is 0 Å². The van der Waals surface area contributed by atoms with Crippen LogP contribution in [0.4, 0.5) is 5.69 Å². The van der Waals surface area contributed by atoms with Gasteiger partial charge in [-0.05, 0) is 50.6 Å². The molecule has 1 unspecified atom stereocenters. The summed E-state index contributed by atoms with van der Waals surface area (Å²) in [6.45, 7) is 5.71. The third-order valence-corrected chi connectivity index (χ3v) is 5.88. The Morgan fingerprint density at radius 2 is 1.74 bits per heavy atom. The van der Waals surface area contributed by atoms with Crippen LogP contribution in [0.2, 0.25) is 0 Å². The first-order valence-electron chi connectivity index (χ1n) is 8.75. The Morgan fingerprint density at radius 3 is 2.33 bits per heavy atom. The van der Waals surface area contributed by atoms with Crippen LogP contribution in [0, 0.1) is 20.8 Å². The monoisotopic (exact) mass is 385 g/mol. The minimum absolute atomic E-state index is 0.115. The van der Waals surface area contributed by atoms with Gasteiger partial charge >= 0.3 is 0 Å². The van der Waals surface area contributed by atoms with E-state index in [0.717, 1.165) is 16.7 Å². The van der Waals surface area contributed by atoms with Crippen molar-refractivity contribution in [3.63, 3.8) is 0 Å². The SMILES string of the molecule is Cc1ccc(N(C(=O)COc2ccc(C)cc2C)C2C=CS(=O)(=O)C2)cc1. The largest absolute Gasteiger partial charge is 0.483 e. The van der Waals surface area contributed by atoms with Gasteiger partial charge in [0.15, 0.2) is 16.4 Å². The van der Waals surface area contributed by atoms with Crippen molar-refractivity contribution in [1.82, 2.24) is 0 Å². The van der Waals surface area contributed by atoms with Gasteiger partial charge in [-0.25, -0.2) is 8.42 Å². The van der Waals surface area contributed by atoms with Crippen molar-refractivity contribution in [3.05, 3.63) is 70.6 Å². The smallest absolute Gasteiger partial charge is 0.265 e. The van der Waals surface area contributed by atoms with E-state index in [1.165, 1.54) is 10.3 Å². The number of rotatable bonds is 5. The average Bonchev–Trinajstić information content (AvgIpc) is 2.95. The van der Waals surface area contributed by atoms with Crippen LogP contribution in [0.25, 0.3) is 0 Å². The van der Waals surface area contributed by atoms with Crippen LogP contribution in [0.1, 0.15) is 16.7 Å². The maximum Gasteiger partial charge on any atom is 0.265 e. The molecule has 0 radical (unpaired) electrons. The first-order valence-corrected chi connectivity index (χ1v) is 10.5. The third kappa shape index (κ3) is 4.57. The topological polar surface area (TPSA) is 63.7 Å². The zero-order chi connectivity index (χ0) is 19.6. The molecule has 5 nitrogen and oxygen atoms in total. The van der Waals surface area contributed by atoms with Crippen LogP contribution in [0.3, 0.4) is 0 Å². The van der Waals surface area contributed by atoms with Gasteiger partial charge in [0.2, 0.25) is 0 Å². The van der Waals surface area contributed by atoms with Gasteiger partial charge in [0.1, 0.15) is 5.75 Å². The maximum absolute atomic E-state index is 13.0. The first kappa shape index (κ1) is 19.2. The minimum atomic E-state index is -3.28. The number of carbonyl (C=O) groups excluding carboxylic acids is 1. The summed E-state index contributed by atoms with van der Waals surface area (Å²) in [5.41, 5.74) is 3.79. The van der Waals surface area contributed by atoms with Gasteiger partial charge in [-0.15, -0.1) is 0 Å². The number of amides is 1. The first-order chi connectivity index (χ1) is 12.7. The van der Waals surface area contributed by atoms with Crippen molar-refractivity contribution in [3.8, 4) is 5.75 Å². The van der Waals surface area contributed by atoms with Crippen LogP contribution < -0.4 is 9.64 Å². The number of hydrogen-bond acceptors (Lipinski definition) is 4. The van der Waals surface area contributed by atoms with E-state index in [2.05, 4.69) is 0 Å². The minimum Gasteiger partial charge on any atom is -0.483 e. The van der Waals surface area contributed by atoms with Gasteiger partial charge < -0.3 is 9.64 Å². The molecule has 0 spiro atoms. The molecule has 2 aromatic carbocycles. The molecule has 0 aliphatic carbocycles. The number of carbonyl (C=O) groups is 1. The highest BCUT2D eigenvalue weighted by Gasteiger charge is 2.31. The molecule has 1 heterocycles. The summed E-state index contributed by atoms with van der Waals surface area (Å²) in [5.74, 6) is 0.244. The lowest BCUT2D eigenvalue weighted by Crippen LogP contribution is -2.43. The molecule has 2 aromatic rings. The van der Waals surface area contributed by atoms with Crippen molar-refractivity contribution < 1.29 is 17.9 Å². The Bertz CT molecular complexity index is 978. The van der Waals surface area contributed by atoms with Crippen LogP contribution in [-0.2, 0) is 14.6 Å². The summed E-state index contributed by atoms with van der Waals surface area (Å²) in [6, 6.07) is 12.7. The Kier molecular flexibility index (Phi) is 5.37. The van der Waals surface area contributed by atoms with Gasteiger partial charge in [-0.2, -0.15) is 0 Å². The average molecular weight is 385 g/mol. The fourth-order valence-electron chi connectivity index (χ4n) is 3.12. The fourth-order valence-corrected chi connectivity index (χ4v) is 4.38. The standard InChI is InChI=1S/C21H23NO4S/c1-15-4-7-18(8-5-15)22(19-10-11-27(24,25)14-19)21(23)13-26-20-9-6-16(2)12-17(20)3/h4-12,19H,13-14H2,1-3H3. The highest BCUT2D eigenvalue weighted by atomic mass is 32.2. The van der Waals surface area contributed by atoms with Crippen LogP contribution in [0.15, 0.2) is 53.9 Å². The molecule has 27 heavy (non-hydrogen) atoms. The van der Waals surface area contributed by atoms with Gasteiger partial charge in [-0.1, -0.05) is 35.4 Å². The van der Waals surface area contributed by atoms with Crippen LogP contribution >= 0.6 is 0 Å². The molecular formula is C21H23NO4S. The molecule has 142 valence electrons. The summed E-state index contributed by atoms with van der Waals surface area (Å²) < 4.78 is 29.4. The lowest BCUT2D eigenvalue weighted by atomic mass is 10.1. The molecule has 6 heteroatoms. The van der Waals surface area contributed by atoms with Gasteiger partial charge in [0.25, 0.3) is 5.91 Å². The Balaban J connectivity index is 1.82. The van der Waals surface area contributed by atoms with Crippen molar-refractivity contribution >= 4 is 21.4 Å². The normalized spacial score (nSPS) is 17.7. The number of sulfone groups is 1. The second-order valence-electron chi connectivity index (χ2n) is 6.88. The molecule has 0 saturated carbocycles. The highest BCUT2D eigenvalue weighted by Crippen LogP contribution is 2.24. The van der Waals surface area contributed by atoms with Crippen molar-refractivity contribution in [2.75, 3.05) is 17.3 Å². The van der Waals surface area contributed by atoms with Crippen LogP contribution in [0.5, 0.6) is 5.75 Å². The predicted octanol–water partition coefficient (Wildman–Crippen LogP) is 3.33. The van der Waals surface area contributed by atoms with Crippen molar-refractivity contribution in [2.45, 2.75) is 26.8 Å². The van der Waals surface area contributed by atoms with E-state index in [9.17, 15) is 13.2 Å². The molecule has 0 saturated heterocycles. The fraction of sp³-hybridized carbons (Fsp3) is 0.286. The molecule has 1 amide bonds. The summed E-state index contributed by atoms with van der Waals surface area (Å²) in [4.78, 5) is 14.5. The molecule has 0 fully saturated rings. The highest BCUT2D eigenvalue weighted by molar-refractivity contribution is 7.94. The number of benzene rings is 2. The molecule has 0 bridgehead atoms. The van der Waals surface area contributed by atoms with E-state index >= 15 is 0 Å². The second kappa shape index (κ2) is 7.56. The lowest BCUT2D eigenvalue weighted by Gasteiger charge is -2.28. The molecule has 1 atom stereocenters. The number of ether oxygens (including phenoxy) is 1. The van der Waals surface area contributed by atoms with E-state index in [4.69, 9.17) is 4.74 Å². The zero-order valence-corrected chi connectivity index (χ0v) is 16.5.